The van der Waals surface area contributed by atoms with Gasteiger partial charge in [0.05, 0.1) is 6.61 Å². The van der Waals surface area contributed by atoms with Gasteiger partial charge in [-0.15, -0.1) is 0 Å². The molecule has 0 spiro atoms. The summed E-state index contributed by atoms with van der Waals surface area (Å²) in [4.78, 5) is 46.4. The number of carboxylic acid groups (broad SMARTS) is 3. The predicted molar refractivity (Wildman–Crippen MR) is 135 cm³/mol. The number of alkyl halides is 1. The van der Waals surface area contributed by atoms with Crippen molar-refractivity contribution >= 4 is 23.9 Å². The smallest absolute Gasteiger partial charge is 0.331 e. The highest BCUT2D eigenvalue weighted by Gasteiger charge is 2.45. The molecule has 0 radical (unpaired) electrons. The fourth-order valence-electron chi connectivity index (χ4n) is 5.10. The molecule has 0 aliphatic carbocycles. The molecule has 5 atom stereocenters. The maximum absolute atomic E-state index is 14.1. The minimum absolute atomic E-state index is 0.00384. The molecule has 0 aromatic heterocycles. The van der Waals surface area contributed by atoms with E-state index in [0.29, 0.717) is 31.2 Å². The lowest BCUT2D eigenvalue weighted by Crippen LogP contribution is -2.55. The molecule has 39 heavy (non-hydrogen) atoms. The van der Waals surface area contributed by atoms with Crippen LogP contribution in [0.5, 0.6) is 5.75 Å². The number of nitrogens with two attached hydrogens (primary N) is 1. The number of carbonyl (C=O) groups excluding carboxylic acids is 1. The van der Waals surface area contributed by atoms with Gasteiger partial charge in [0.1, 0.15) is 18.0 Å². The van der Waals surface area contributed by atoms with Crippen LogP contribution in [0.1, 0.15) is 63.4 Å². The van der Waals surface area contributed by atoms with Crippen molar-refractivity contribution in [3.63, 3.8) is 0 Å². The van der Waals surface area contributed by atoms with E-state index in [0.717, 1.165) is 0 Å². The van der Waals surface area contributed by atoms with Crippen LogP contribution in [0, 0.1) is 17.8 Å². The lowest BCUT2D eigenvalue weighted by molar-refractivity contribution is -0.230. The number of aromatic hydroxyl groups is 1. The highest BCUT2D eigenvalue weighted by Crippen LogP contribution is 2.41. The number of ether oxygens (including phenoxy) is 2. The van der Waals surface area contributed by atoms with Crippen LogP contribution < -0.4 is 5.73 Å². The van der Waals surface area contributed by atoms with Crippen molar-refractivity contribution in [1.29, 1.82) is 0 Å². The lowest BCUT2D eigenvalue weighted by Gasteiger charge is -2.43. The largest absolute Gasteiger partial charge is 0.508 e. The van der Waals surface area contributed by atoms with Gasteiger partial charge >= 0.3 is 23.9 Å². The summed E-state index contributed by atoms with van der Waals surface area (Å²) in [6, 6.07) is 5.78. The number of benzene rings is 1. The fraction of sp³-hybridized carbons (Fsp3) is 0.630. The number of rotatable bonds is 17. The van der Waals surface area contributed by atoms with Gasteiger partial charge in [0.15, 0.2) is 0 Å². The Morgan fingerprint density at radius 3 is 1.92 bits per heavy atom. The summed E-state index contributed by atoms with van der Waals surface area (Å²) in [6.07, 6.45) is 0.440. The van der Waals surface area contributed by atoms with Crippen LogP contribution in [0.2, 0.25) is 0 Å². The van der Waals surface area contributed by atoms with Gasteiger partial charge in [-0.05, 0) is 68.1 Å². The number of esters is 1. The number of carboxylic acids is 3. The third kappa shape index (κ3) is 10.4. The number of phenols is 1. The number of aliphatic carboxylic acids is 3. The van der Waals surface area contributed by atoms with Crippen molar-refractivity contribution in [2.75, 3.05) is 13.3 Å². The Kier molecular flexibility index (Phi) is 12.6. The third-order valence-corrected chi connectivity index (χ3v) is 7.13. The highest BCUT2D eigenvalue weighted by atomic mass is 19.1. The Morgan fingerprint density at radius 1 is 0.897 bits per heavy atom. The first-order valence-corrected chi connectivity index (χ1v) is 13.1. The van der Waals surface area contributed by atoms with E-state index < -0.39 is 48.3 Å². The predicted octanol–water partition coefficient (Wildman–Crippen LogP) is 3.11. The quantitative estimate of drug-likeness (QED) is 0.177. The van der Waals surface area contributed by atoms with E-state index in [1.54, 1.807) is 0 Å². The first-order valence-electron chi connectivity index (χ1n) is 13.1. The van der Waals surface area contributed by atoms with Crippen LogP contribution in [0.3, 0.4) is 0 Å². The Balaban J connectivity index is 2.25. The molecule has 1 aliphatic rings. The molecule has 11 nitrogen and oxygen atoms in total. The van der Waals surface area contributed by atoms with Crippen LogP contribution in [0.15, 0.2) is 24.3 Å². The molecule has 0 amide bonds. The van der Waals surface area contributed by atoms with Crippen LogP contribution in [0.25, 0.3) is 0 Å². The molecule has 2 rings (SSSR count). The van der Waals surface area contributed by atoms with E-state index in [-0.39, 0.29) is 62.7 Å². The molecule has 1 aliphatic heterocycles. The number of hydrogen-bond donors (Lipinski definition) is 5. The van der Waals surface area contributed by atoms with Crippen molar-refractivity contribution < 1.29 is 53.5 Å². The number of halogens is 1. The zero-order valence-electron chi connectivity index (χ0n) is 21.8. The van der Waals surface area contributed by atoms with Gasteiger partial charge in [0, 0.05) is 31.6 Å². The molecule has 1 aromatic carbocycles. The monoisotopic (exact) mass is 555 g/mol. The van der Waals surface area contributed by atoms with Crippen LogP contribution in [-0.4, -0.2) is 69.4 Å². The molecule has 218 valence electrons. The summed E-state index contributed by atoms with van der Waals surface area (Å²) >= 11 is 0. The second kappa shape index (κ2) is 15.4. The molecule has 1 fully saturated rings. The fourth-order valence-corrected chi connectivity index (χ4v) is 5.10. The average Bonchev–Trinajstić information content (AvgIpc) is 2.87. The zero-order valence-corrected chi connectivity index (χ0v) is 21.8. The van der Waals surface area contributed by atoms with Gasteiger partial charge in [0.2, 0.25) is 6.29 Å². The van der Waals surface area contributed by atoms with Gasteiger partial charge in [-0.3, -0.25) is 14.4 Å². The standard InChI is InChI=1S/C27H38FNO10/c28-16-27(29,14-17-10-12-19(30)13-11-17)26(37)39-25-21(6-3-9-24(35)36)20(5-2-8-23(33)34)18(15-38-25)4-1-7-22(31)32/h10-13,18,20-21,25,30H,1-9,14-16,29H2,(H,31,32)(H,33,34)(H,35,36)/t18-,20-,21+,25-,27?/m0/s1. The Labute approximate surface area is 226 Å². The molecule has 0 saturated carbocycles. The molecule has 1 saturated heterocycles. The van der Waals surface area contributed by atoms with E-state index in [1.807, 2.05) is 0 Å². The molecule has 0 bridgehead atoms. The van der Waals surface area contributed by atoms with Gasteiger partial charge in [0.25, 0.3) is 0 Å². The van der Waals surface area contributed by atoms with Crippen molar-refractivity contribution in [3.05, 3.63) is 29.8 Å². The minimum Gasteiger partial charge on any atom is -0.508 e. The first kappa shape index (κ1) is 32.0. The highest BCUT2D eigenvalue weighted by molar-refractivity contribution is 5.81. The molecular formula is C27H38FNO10. The molecular weight excluding hydrogens is 517 g/mol. The Hall–Kier alpha value is -3.25. The first-order chi connectivity index (χ1) is 18.4. The van der Waals surface area contributed by atoms with Gasteiger partial charge in [-0.2, -0.15) is 0 Å². The molecule has 6 N–H and O–H groups in total. The summed E-state index contributed by atoms with van der Waals surface area (Å²) < 4.78 is 25.6. The number of carbonyl (C=O) groups is 4. The summed E-state index contributed by atoms with van der Waals surface area (Å²) in [7, 11) is 0. The van der Waals surface area contributed by atoms with E-state index in [1.165, 1.54) is 24.3 Å². The van der Waals surface area contributed by atoms with E-state index in [2.05, 4.69) is 0 Å². The minimum atomic E-state index is -2.04. The lowest BCUT2D eigenvalue weighted by atomic mass is 9.72. The third-order valence-electron chi connectivity index (χ3n) is 7.13. The summed E-state index contributed by atoms with van der Waals surface area (Å²) in [6.45, 7) is -1.13. The number of phenolic OH excluding ortho intramolecular Hbond substituents is 1. The Bertz CT molecular complexity index is 972. The summed E-state index contributed by atoms with van der Waals surface area (Å²) in [5.74, 6) is -4.90. The maximum Gasteiger partial charge on any atom is 0.331 e. The summed E-state index contributed by atoms with van der Waals surface area (Å²) in [5.41, 5.74) is 4.58. The van der Waals surface area contributed by atoms with Crippen molar-refractivity contribution in [2.24, 2.45) is 23.5 Å². The topological polar surface area (TPSA) is 194 Å². The van der Waals surface area contributed by atoms with Gasteiger partial charge < -0.3 is 35.6 Å². The molecule has 1 unspecified atom stereocenters. The van der Waals surface area contributed by atoms with E-state index >= 15 is 0 Å². The second-order valence-corrected chi connectivity index (χ2v) is 10.2. The maximum atomic E-state index is 14.1. The normalized spacial score (nSPS) is 22.5. The van der Waals surface area contributed by atoms with E-state index in [4.69, 9.17) is 30.5 Å². The van der Waals surface area contributed by atoms with E-state index in [9.17, 15) is 28.7 Å². The zero-order chi connectivity index (χ0) is 29.0. The molecule has 1 heterocycles. The number of hydrogen-bond acceptors (Lipinski definition) is 8. The van der Waals surface area contributed by atoms with Crippen molar-refractivity contribution in [2.45, 2.75) is 76.0 Å². The van der Waals surface area contributed by atoms with Crippen LogP contribution in [0.4, 0.5) is 4.39 Å². The van der Waals surface area contributed by atoms with Gasteiger partial charge in [-0.1, -0.05) is 12.1 Å². The molecule has 12 heteroatoms. The second-order valence-electron chi connectivity index (χ2n) is 10.2. The van der Waals surface area contributed by atoms with Gasteiger partial charge in [-0.25, -0.2) is 9.18 Å². The Morgan fingerprint density at radius 2 is 1.41 bits per heavy atom. The van der Waals surface area contributed by atoms with Crippen molar-refractivity contribution in [3.8, 4) is 5.75 Å². The van der Waals surface area contributed by atoms with Crippen LogP contribution in [-0.2, 0) is 35.1 Å². The molecule has 1 aromatic rings. The van der Waals surface area contributed by atoms with Crippen molar-refractivity contribution in [1.82, 2.24) is 0 Å². The average molecular weight is 556 g/mol. The SMILES string of the molecule is NC(CF)(Cc1ccc(O)cc1)C(=O)O[C@@H]1OC[C@H](CCCC(=O)O)[C@H](CCCC(=O)O)[C@H]1CCCC(=O)O. The summed E-state index contributed by atoms with van der Waals surface area (Å²) in [5, 5.41) is 36.7. The van der Waals surface area contributed by atoms with Crippen LogP contribution >= 0.6 is 0 Å².